The van der Waals surface area contributed by atoms with Crippen molar-refractivity contribution < 1.29 is 4.79 Å². The maximum absolute atomic E-state index is 12.3. The molecule has 1 heterocycles. The highest BCUT2D eigenvalue weighted by Crippen LogP contribution is 2.08. The Morgan fingerprint density at radius 2 is 1.72 bits per heavy atom. The molecule has 1 amide bonds. The van der Waals surface area contributed by atoms with E-state index in [0.717, 1.165) is 11.1 Å². The van der Waals surface area contributed by atoms with E-state index in [-0.39, 0.29) is 5.91 Å². The molecule has 0 bridgehead atoms. The van der Waals surface area contributed by atoms with Crippen molar-refractivity contribution in [3.05, 3.63) is 89.4 Å². The van der Waals surface area contributed by atoms with Crippen molar-refractivity contribution in [1.82, 2.24) is 15.3 Å². The van der Waals surface area contributed by atoms with Gasteiger partial charge in [0.15, 0.2) is 0 Å². The van der Waals surface area contributed by atoms with Crippen LogP contribution in [0.3, 0.4) is 0 Å². The van der Waals surface area contributed by atoms with E-state index >= 15 is 0 Å². The van der Waals surface area contributed by atoms with Crippen molar-refractivity contribution in [2.24, 2.45) is 0 Å². The van der Waals surface area contributed by atoms with Crippen LogP contribution in [0.5, 0.6) is 0 Å². The van der Waals surface area contributed by atoms with Crippen LogP contribution >= 0.6 is 0 Å². The number of rotatable bonds is 6. The van der Waals surface area contributed by atoms with E-state index in [0.29, 0.717) is 24.6 Å². The number of amides is 1. The van der Waals surface area contributed by atoms with Gasteiger partial charge in [0, 0.05) is 19.2 Å². The number of anilines is 1. The summed E-state index contributed by atoms with van der Waals surface area (Å²) in [5, 5.41) is 6.09. The molecule has 0 aliphatic rings. The Bertz CT molecular complexity index is 849. The minimum Gasteiger partial charge on any atom is -0.366 e. The van der Waals surface area contributed by atoms with Crippen molar-refractivity contribution in [1.29, 1.82) is 0 Å². The average molecular weight is 332 g/mol. The molecule has 2 N–H and O–H groups in total. The van der Waals surface area contributed by atoms with Gasteiger partial charge in [-0.25, -0.2) is 9.97 Å². The molecule has 3 rings (SSSR count). The molecule has 0 spiro atoms. The van der Waals surface area contributed by atoms with Gasteiger partial charge >= 0.3 is 0 Å². The standard InChI is InChI=1S/C20H20N4O/c1-15-6-5-9-17(10-15)13-22-20(25)18-11-19(24-14-23-18)21-12-16-7-3-2-4-8-16/h2-11,14H,12-13H2,1H3,(H,22,25)(H,21,23,24). The van der Waals surface area contributed by atoms with E-state index in [1.807, 2.05) is 61.5 Å². The van der Waals surface area contributed by atoms with Crippen molar-refractivity contribution in [2.75, 3.05) is 5.32 Å². The fourth-order valence-corrected chi connectivity index (χ4v) is 2.46. The van der Waals surface area contributed by atoms with Crippen LogP contribution in [0.4, 0.5) is 5.82 Å². The van der Waals surface area contributed by atoms with Crippen molar-refractivity contribution >= 4 is 11.7 Å². The van der Waals surface area contributed by atoms with E-state index in [1.165, 1.54) is 11.9 Å². The van der Waals surface area contributed by atoms with Gasteiger partial charge in [-0.15, -0.1) is 0 Å². The number of aryl methyl sites for hydroxylation is 1. The minimum atomic E-state index is -0.216. The summed E-state index contributed by atoms with van der Waals surface area (Å²) in [7, 11) is 0. The number of nitrogens with one attached hydrogen (secondary N) is 2. The van der Waals surface area contributed by atoms with Gasteiger partial charge in [-0.3, -0.25) is 4.79 Å². The topological polar surface area (TPSA) is 66.9 Å². The lowest BCUT2D eigenvalue weighted by Crippen LogP contribution is -2.24. The van der Waals surface area contributed by atoms with Crippen LogP contribution in [-0.4, -0.2) is 15.9 Å². The number of carbonyl (C=O) groups is 1. The molecule has 0 aliphatic heterocycles. The third-order valence-corrected chi connectivity index (χ3v) is 3.75. The van der Waals surface area contributed by atoms with E-state index in [9.17, 15) is 4.79 Å². The molecular weight excluding hydrogens is 312 g/mol. The lowest BCUT2D eigenvalue weighted by Gasteiger charge is -2.08. The van der Waals surface area contributed by atoms with Gasteiger partial charge in [0.25, 0.3) is 5.91 Å². The monoisotopic (exact) mass is 332 g/mol. The highest BCUT2D eigenvalue weighted by molar-refractivity contribution is 5.92. The zero-order chi connectivity index (χ0) is 17.5. The number of aromatic nitrogens is 2. The molecule has 2 aromatic carbocycles. The molecule has 0 saturated heterocycles. The predicted octanol–water partition coefficient (Wildman–Crippen LogP) is 3.33. The van der Waals surface area contributed by atoms with E-state index < -0.39 is 0 Å². The van der Waals surface area contributed by atoms with Crippen LogP contribution in [-0.2, 0) is 13.1 Å². The molecule has 0 aliphatic carbocycles. The number of nitrogens with zero attached hydrogens (tertiary/aromatic N) is 2. The smallest absolute Gasteiger partial charge is 0.270 e. The third kappa shape index (κ3) is 4.88. The van der Waals surface area contributed by atoms with Crippen molar-refractivity contribution in [3.8, 4) is 0 Å². The first kappa shape index (κ1) is 16.6. The van der Waals surface area contributed by atoms with E-state index in [4.69, 9.17) is 0 Å². The Kier molecular flexibility index (Phi) is 5.36. The first-order valence-corrected chi connectivity index (χ1v) is 8.14. The first-order valence-electron chi connectivity index (χ1n) is 8.14. The normalized spacial score (nSPS) is 10.3. The summed E-state index contributed by atoms with van der Waals surface area (Å²) < 4.78 is 0. The summed E-state index contributed by atoms with van der Waals surface area (Å²) in [6.07, 6.45) is 1.40. The molecule has 126 valence electrons. The lowest BCUT2D eigenvalue weighted by molar-refractivity contribution is 0.0946. The molecule has 3 aromatic rings. The zero-order valence-electron chi connectivity index (χ0n) is 14.1. The Labute approximate surface area is 147 Å². The van der Waals surface area contributed by atoms with Crippen LogP contribution in [0.1, 0.15) is 27.2 Å². The summed E-state index contributed by atoms with van der Waals surface area (Å²) in [6.45, 7) is 3.14. The summed E-state index contributed by atoms with van der Waals surface area (Å²) in [6, 6.07) is 19.7. The van der Waals surface area contributed by atoms with Gasteiger partial charge in [0.2, 0.25) is 0 Å². The first-order chi connectivity index (χ1) is 12.2. The molecular formula is C20H20N4O. The number of carbonyl (C=O) groups excluding carboxylic acids is 1. The van der Waals surface area contributed by atoms with Crippen molar-refractivity contribution in [2.45, 2.75) is 20.0 Å². The quantitative estimate of drug-likeness (QED) is 0.726. The van der Waals surface area contributed by atoms with Gasteiger partial charge in [-0.1, -0.05) is 60.2 Å². The summed E-state index contributed by atoms with van der Waals surface area (Å²) in [5.41, 5.74) is 3.72. The van der Waals surface area contributed by atoms with E-state index in [1.54, 1.807) is 6.07 Å². The third-order valence-electron chi connectivity index (χ3n) is 3.75. The van der Waals surface area contributed by atoms with Gasteiger partial charge < -0.3 is 10.6 Å². The molecule has 0 saturated carbocycles. The lowest BCUT2D eigenvalue weighted by atomic mass is 10.1. The predicted molar refractivity (Wildman–Crippen MR) is 98.1 cm³/mol. The van der Waals surface area contributed by atoms with Crippen molar-refractivity contribution in [3.63, 3.8) is 0 Å². The van der Waals surface area contributed by atoms with Crippen LogP contribution in [0, 0.1) is 6.92 Å². The van der Waals surface area contributed by atoms with Crippen LogP contribution < -0.4 is 10.6 Å². The molecule has 5 nitrogen and oxygen atoms in total. The number of hydrogen-bond donors (Lipinski definition) is 2. The number of benzene rings is 2. The average Bonchev–Trinajstić information content (AvgIpc) is 2.65. The Balaban J connectivity index is 1.59. The summed E-state index contributed by atoms with van der Waals surface area (Å²) in [4.78, 5) is 20.5. The highest BCUT2D eigenvalue weighted by atomic mass is 16.1. The Hall–Kier alpha value is -3.21. The second-order valence-corrected chi connectivity index (χ2v) is 5.80. The molecule has 0 radical (unpaired) electrons. The molecule has 5 heteroatoms. The summed E-state index contributed by atoms with van der Waals surface area (Å²) >= 11 is 0. The van der Waals surface area contributed by atoms with Gasteiger partial charge in [0.1, 0.15) is 17.8 Å². The Morgan fingerprint density at radius 1 is 0.920 bits per heavy atom. The number of hydrogen-bond acceptors (Lipinski definition) is 4. The molecule has 1 aromatic heterocycles. The van der Waals surface area contributed by atoms with Gasteiger partial charge in [-0.05, 0) is 18.1 Å². The minimum absolute atomic E-state index is 0.216. The van der Waals surface area contributed by atoms with Gasteiger partial charge in [0.05, 0.1) is 0 Å². The second-order valence-electron chi connectivity index (χ2n) is 5.80. The summed E-state index contributed by atoms with van der Waals surface area (Å²) in [5.74, 6) is 0.409. The second kappa shape index (κ2) is 8.06. The zero-order valence-corrected chi connectivity index (χ0v) is 14.1. The van der Waals surface area contributed by atoms with Crippen LogP contribution in [0.15, 0.2) is 67.0 Å². The van der Waals surface area contributed by atoms with Gasteiger partial charge in [-0.2, -0.15) is 0 Å². The van der Waals surface area contributed by atoms with Crippen LogP contribution in [0.2, 0.25) is 0 Å². The highest BCUT2D eigenvalue weighted by Gasteiger charge is 2.08. The molecule has 0 unspecified atom stereocenters. The largest absolute Gasteiger partial charge is 0.366 e. The Morgan fingerprint density at radius 3 is 2.52 bits per heavy atom. The molecule has 0 fully saturated rings. The van der Waals surface area contributed by atoms with E-state index in [2.05, 4.69) is 20.6 Å². The maximum Gasteiger partial charge on any atom is 0.270 e. The SMILES string of the molecule is Cc1cccc(CNC(=O)c2cc(NCc3ccccc3)ncn2)c1. The fraction of sp³-hybridized carbons (Fsp3) is 0.150. The maximum atomic E-state index is 12.3. The fourth-order valence-electron chi connectivity index (χ4n) is 2.46. The molecule has 25 heavy (non-hydrogen) atoms. The van der Waals surface area contributed by atoms with Crippen LogP contribution in [0.25, 0.3) is 0 Å². The molecule has 0 atom stereocenters.